The molecule has 0 aromatic heterocycles. The first-order chi connectivity index (χ1) is 9.94. The number of hydrogen-bond donors (Lipinski definition) is 3. The minimum Gasteiger partial charge on any atom is -0.480 e. The molecular formula is C17H23NO3. The van der Waals surface area contributed by atoms with Gasteiger partial charge in [-0.25, -0.2) is 0 Å². The molecule has 114 valence electrons. The predicted molar refractivity (Wildman–Crippen MR) is 82.9 cm³/mol. The van der Waals surface area contributed by atoms with Gasteiger partial charge in [0, 0.05) is 13.0 Å². The van der Waals surface area contributed by atoms with Crippen molar-refractivity contribution in [2.45, 2.75) is 44.8 Å². The average Bonchev–Trinajstić information content (AvgIpc) is 2.44. The summed E-state index contributed by atoms with van der Waals surface area (Å²) in [5.41, 5.74) is -0.284. The van der Waals surface area contributed by atoms with E-state index in [0.717, 1.165) is 18.4 Å². The van der Waals surface area contributed by atoms with Crippen LogP contribution in [0, 0.1) is 11.8 Å². The molecule has 2 unspecified atom stereocenters. The van der Waals surface area contributed by atoms with Crippen molar-refractivity contribution in [3.8, 4) is 11.8 Å². The van der Waals surface area contributed by atoms with Gasteiger partial charge in [0.2, 0.25) is 0 Å². The van der Waals surface area contributed by atoms with Crippen LogP contribution < -0.4 is 5.32 Å². The molecule has 21 heavy (non-hydrogen) atoms. The maximum atomic E-state index is 11.3. The van der Waals surface area contributed by atoms with E-state index < -0.39 is 17.6 Å². The molecule has 1 rings (SSSR count). The third kappa shape index (κ3) is 6.94. The van der Waals surface area contributed by atoms with Crippen molar-refractivity contribution in [3.63, 3.8) is 0 Å². The van der Waals surface area contributed by atoms with Crippen molar-refractivity contribution in [1.29, 1.82) is 0 Å². The van der Waals surface area contributed by atoms with Crippen LogP contribution in [0.4, 0.5) is 0 Å². The van der Waals surface area contributed by atoms with Crippen LogP contribution in [0.2, 0.25) is 0 Å². The number of hydrogen-bond acceptors (Lipinski definition) is 3. The third-order valence-corrected chi connectivity index (χ3v) is 3.01. The lowest BCUT2D eigenvalue weighted by Gasteiger charge is -2.21. The summed E-state index contributed by atoms with van der Waals surface area (Å²) >= 11 is 0. The molecule has 0 fully saturated rings. The van der Waals surface area contributed by atoms with Gasteiger partial charge in [0.25, 0.3) is 0 Å². The zero-order valence-corrected chi connectivity index (χ0v) is 12.6. The molecular weight excluding hydrogens is 266 g/mol. The van der Waals surface area contributed by atoms with Crippen LogP contribution in [-0.4, -0.2) is 34.4 Å². The summed E-state index contributed by atoms with van der Waals surface area (Å²) < 4.78 is 0. The van der Waals surface area contributed by atoms with Gasteiger partial charge in [-0.3, -0.25) is 4.79 Å². The Kier molecular flexibility index (Phi) is 6.93. The molecule has 0 heterocycles. The van der Waals surface area contributed by atoms with E-state index in [2.05, 4.69) is 17.2 Å². The number of aliphatic hydroxyl groups is 1. The molecule has 4 heteroatoms. The number of carboxylic acids is 1. The summed E-state index contributed by atoms with van der Waals surface area (Å²) in [6.45, 7) is 3.72. The lowest BCUT2D eigenvalue weighted by molar-refractivity contribution is -0.139. The Labute approximate surface area is 126 Å². The third-order valence-electron chi connectivity index (χ3n) is 3.01. The van der Waals surface area contributed by atoms with E-state index in [1.165, 1.54) is 0 Å². The van der Waals surface area contributed by atoms with Gasteiger partial charge in [-0.15, -0.1) is 5.92 Å². The maximum absolute atomic E-state index is 11.3. The molecule has 1 aromatic carbocycles. The number of carboxylic acid groups (broad SMARTS) is 1. The fourth-order valence-electron chi connectivity index (χ4n) is 1.84. The molecule has 1 aromatic rings. The van der Waals surface area contributed by atoms with Gasteiger partial charge in [-0.05, 0) is 25.3 Å². The normalized spacial score (nSPS) is 14.6. The predicted octanol–water partition coefficient (Wildman–Crippen LogP) is 1.83. The Bertz CT molecular complexity index is 500. The van der Waals surface area contributed by atoms with E-state index >= 15 is 0 Å². The van der Waals surface area contributed by atoms with Crippen molar-refractivity contribution in [3.05, 3.63) is 35.9 Å². The van der Waals surface area contributed by atoms with Crippen molar-refractivity contribution in [2.24, 2.45) is 0 Å². The summed E-state index contributed by atoms with van der Waals surface area (Å²) in [5, 5.41) is 22.3. The van der Waals surface area contributed by atoms with Crippen LogP contribution in [0.1, 0.15) is 32.3 Å². The lowest BCUT2D eigenvalue weighted by atomic mass is 10.0. The van der Waals surface area contributed by atoms with Gasteiger partial charge in [-0.1, -0.05) is 43.2 Å². The molecule has 0 aliphatic heterocycles. The van der Waals surface area contributed by atoms with E-state index in [0.29, 0.717) is 6.42 Å². The van der Waals surface area contributed by atoms with E-state index in [9.17, 15) is 15.0 Å². The molecule has 0 spiro atoms. The number of aliphatic carboxylic acids is 1. The molecule has 0 amide bonds. The molecule has 0 saturated carbocycles. The monoisotopic (exact) mass is 289 g/mol. The number of nitrogens with one attached hydrogen (secondary N) is 1. The summed E-state index contributed by atoms with van der Waals surface area (Å²) in [7, 11) is 0. The lowest BCUT2D eigenvalue weighted by Crippen LogP contribution is -2.46. The number of benzene rings is 1. The molecule has 2 atom stereocenters. The van der Waals surface area contributed by atoms with Crippen LogP contribution in [0.5, 0.6) is 0 Å². The Morgan fingerprint density at radius 1 is 1.38 bits per heavy atom. The van der Waals surface area contributed by atoms with Gasteiger partial charge >= 0.3 is 5.97 Å². The van der Waals surface area contributed by atoms with Crippen molar-refractivity contribution < 1.29 is 15.0 Å². The highest BCUT2D eigenvalue weighted by Gasteiger charge is 2.23. The fraction of sp³-hybridized carbons (Fsp3) is 0.471. The highest BCUT2D eigenvalue weighted by Crippen LogP contribution is 2.06. The van der Waals surface area contributed by atoms with Gasteiger partial charge in [0.15, 0.2) is 0 Å². The van der Waals surface area contributed by atoms with E-state index in [4.69, 9.17) is 0 Å². The first-order valence-corrected chi connectivity index (χ1v) is 7.17. The number of carbonyl (C=O) groups is 1. The van der Waals surface area contributed by atoms with Crippen molar-refractivity contribution in [2.75, 3.05) is 6.54 Å². The minimum atomic E-state index is -1.22. The zero-order chi connectivity index (χ0) is 15.7. The molecule has 0 aliphatic rings. The van der Waals surface area contributed by atoms with Crippen LogP contribution in [0.3, 0.4) is 0 Å². The molecule has 0 radical (unpaired) electrons. The van der Waals surface area contributed by atoms with E-state index in [1.54, 1.807) is 6.92 Å². The Morgan fingerprint density at radius 3 is 2.62 bits per heavy atom. The van der Waals surface area contributed by atoms with Crippen LogP contribution in [0.25, 0.3) is 0 Å². The minimum absolute atomic E-state index is 0.119. The van der Waals surface area contributed by atoms with Crippen LogP contribution >= 0.6 is 0 Å². The number of rotatable bonds is 7. The smallest absolute Gasteiger partial charge is 0.321 e. The fourth-order valence-corrected chi connectivity index (χ4v) is 1.84. The molecule has 0 aliphatic carbocycles. The summed E-state index contributed by atoms with van der Waals surface area (Å²) in [6, 6.07) is 8.67. The number of unbranched alkanes of at least 4 members (excludes halogenated alkanes) is 1. The standard InChI is InChI=1S/C17H23NO3/c1-3-4-8-11-17(2,21)13-18-15(16(19)20)12-14-9-6-5-7-10-14/h5-7,9-10,15,18,21H,3-4,12-13H2,1-2H3,(H,19,20). The topological polar surface area (TPSA) is 69.6 Å². The van der Waals surface area contributed by atoms with Crippen molar-refractivity contribution in [1.82, 2.24) is 5.32 Å². The van der Waals surface area contributed by atoms with E-state index in [1.807, 2.05) is 37.3 Å². The second-order valence-electron chi connectivity index (χ2n) is 5.29. The highest BCUT2D eigenvalue weighted by molar-refractivity contribution is 5.73. The van der Waals surface area contributed by atoms with Gasteiger partial charge in [0.1, 0.15) is 11.6 Å². The molecule has 4 nitrogen and oxygen atoms in total. The Balaban J connectivity index is 2.60. The van der Waals surface area contributed by atoms with E-state index in [-0.39, 0.29) is 6.54 Å². The second kappa shape index (κ2) is 8.46. The average molecular weight is 289 g/mol. The molecule has 3 N–H and O–H groups in total. The van der Waals surface area contributed by atoms with Crippen LogP contribution in [-0.2, 0) is 11.2 Å². The summed E-state index contributed by atoms with van der Waals surface area (Å²) in [5.74, 6) is 4.72. The largest absolute Gasteiger partial charge is 0.480 e. The Morgan fingerprint density at radius 2 is 2.05 bits per heavy atom. The molecule has 0 bridgehead atoms. The summed E-state index contributed by atoms with van der Waals surface area (Å²) in [6.07, 6.45) is 2.03. The van der Waals surface area contributed by atoms with Crippen LogP contribution in [0.15, 0.2) is 30.3 Å². The van der Waals surface area contributed by atoms with Gasteiger partial charge in [-0.2, -0.15) is 0 Å². The Hall–Kier alpha value is -1.83. The highest BCUT2D eigenvalue weighted by atomic mass is 16.4. The maximum Gasteiger partial charge on any atom is 0.321 e. The van der Waals surface area contributed by atoms with Crippen molar-refractivity contribution >= 4 is 5.97 Å². The van der Waals surface area contributed by atoms with Gasteiger partial charge < -0.3 is 15.5 Å². The second-order valence-corrected chi connectivity index (χ2v) is 5.29. The molecule has 0 saturated heterocycles. The first-order valence-electron chi connectivity index (χ1n) is 7.17. The zero-order valence-electron chi connectivity index (χ0n) is 12.6. The first kappa shape index (κ1) is 17.2. The quantitative estimate of drug-likeness (QED) is 0.670. The van der Waals surface area contributed by atoms with Gasteiger partial charge in [0.05, 0.1) is 0 Å². The SMILES string of the molecule is CCCC#CC(C)(O)CNC(Cc1ccccc1)C(=O)O. The summed E-state index contributed by atoms with van der Waals surface area (Å²) in [4.78, 5) is 11.3.